The van der Waals surface area contributed by atoms with E-state index in [-0.39, 0.29) is 5.75 Å². The lowest BCUT2D eigenvalue weighted by Gasteiger charge is -2.11. The second-order valence-electron chi connectivity index (χ2n) is 4.65. The molecule has 3 rings (SSSR count). The molecule has 0 spiro atoms. The van der Waals surface area contributed by atoms with E-state index in [0.29, 0.717) is 5.02 Å². The van der Waals surface area contributed by atoms with Crippen LogP contribution in [-0.4, -0.2) is 10.1 Å². The normalized spacial score (nSPS) is 10.7. The van der Waals surface area contributed by atoms with Crippen LogP contribution >= 0.6 is 11.6 Å². The molecular weight excluding hydrogens is 272 g/mol. The predicted octanol–water partition coefficient (Wildman–Crippen LogP) is 4.65. The zero-order chi connectivity index (χ0) is 14.1. The molecule has 0 unspecified atom stereocenters. The van der Waals surface area contributed by atoms with E-state index in [0.717, 1.165) is 28.0 Å². The third-order valence-electron chi connectivity index (χ3n) is 3.01. The van der Waals surface area contributed by atoms with E-state index in [9.17, 15) is 5.11 Å². The predicted molar refractivity (Wildman–Crippen MR) is 82.9 cm³/mol. The van der Waals surface area contributed by atoms with Gasteiger partial charge in [0, 0.05) is 33.5 Å². The Kier molecular flexibility index (Phi) is 3.20. The highest BCUT2D eigenvalue weighted by Gasteiger charge is 2.05. The van der Waals surface area contributed by atoms with Crippen LogP contribution in [0.1, 0.15) is 5.69 Å². The molecule has 20 heavy (non-hydrogen) atoms. The van der Waals surface area contributed by atoms with Crippen LogP contribution in [0.2, 0.25) is 5.02 Å². The summed E-state index contributed by atoms with van der Waals surface area (Å²) in [5, 5.41) is 14.4. The van der Waals surface area contributed by atoms with Crippen molar-refractivity contribution in [2.45, 2.75) is 6.92 Å². The highest BCUT2D eigenvalue weighted by Crippen LogP contribution is 2.29. The van der Waals surface area contributed by atoms with Crippen LogP contribution < -0.4 is 5.32 Å². The first-order valence-electron chi connectivity index (χ1n) is 6.25. The molecule has 2 aromatic carbocycles. The van der Waals surface area contributed by atoms with Gasteiger partial charge in [0.15, 0.2) is 0 Å². The lowest BCUT2D eigenvalue weighted by atomic mass is 10.1. The van der Waals surface area contributed by atoms with Crippen LogP contribution in [-0.2, 0) is 0 Å². The van der Waals surface area contributed by atoms with Crippen LogP contribution in [0.5, 0.6) is 5.75 Å². The van der Waals surface area contributed by atoms with Crippen LogP contribution in [0, 0.1) is 6.92 Å². The number of benzene rings is 2. The van der Waals surface area contributed by atoms with Gasteiger partial charge in [-0.2, -0.15) is 0 Å². The molecule has 1 heterocycles. The van der Waals surface area contributed by atoms with E-state index >= 15 is 0 Å². The summed E-state index contributed by atoms with van der Waals surface area (Å²) in [6.07, 6.45) is 0. The Bertz CT molecular complexity index is 766. The Morgan fingerprint density at radius 1 is 1.10 bits per heavy atom. The van der Waals surface area contributed by atoms with Gasteiger partial charge in [-0.3, -0.25) is 4.98 Å². The number of rotatable bonds is 2. The van der Waals surface area contributed by atoms with Crippen LogP contribution in [0.25, 0.3) is 10.9 Å². The maximum atomic E-state index is 9.60. The van der Waals surface area contributed by atoms with Gasteiger partial charge in [0.2, 0.25) is 0 Å². The largest absolute Gasteiger partial charge is 0.508 e. The van der Waals surface area contributed by atoms with Crippen molar-refractivity contribution in [3.63, 3.8) is 0 Å². The number of fused-ring (bicyclic) bond motifs is 1. The fourth-order valence-electron chi connectivity index (χ4n) is 2.21. The van der Waals surface area contributed by atoms with Gasteiger partial charge >= 0.3 is 0 Å². The number of para-hydroxylation sites is 1. The molecule has 0 aliphatic heterocycles. The van der Waals surface area contributed by atoms with Gasteiger partial charge in [-0.1, -0.05) is 29.8 Å². The summed E-state index contributed by atoms with van der Waals surface area (Å²) >= 11 is 5.95. The number of hydrogen-bond acceptors (Lipinski definition) is 3. The van der Waals surface area contributed by atoms with E-state index in [1.165, 1.54) is 6.07 Å². The van der Waals surface area contributed by atoms with Gasteiger partial charge in [-0.05, 0) is 31.2 Å². The molecule has 0 saturated heterocycles. The number of halogens is 1. The third-order valence-corrected chi connectivity index (χ3v) is 3.22. The number of phenolic OH excluding ortho intramolecular Hbond substituents is 1. The second-order valence-corrected chi connectivity index (χ2v) is 5.09. The van der Waals surface area contributed by atoms with Crippen molar-refractivity contribution >= 4 is 33.9 Å². The lowest BCUT2D eigenvalue weighted by Crippen LogP contribution is -1.94. The van der Waals surface area contributed by atoms with Crippen molar-refractivity contribution in [3.05, 3.63) is 59.2 Å². The zero-order valence-corrected chi connectivity index (χ0v) is 11.6. The molecule has 0 radical (unpaired) electrons. The van der Waals surface area contributed by atoms with Gasteiger partial charge in [0.25, 0.3) is 0 Å². The second kappa shape index (κ2) is 5.02. The minimum Gasteiger partial charge on any atom is -0.508 e. The first-order chi connectivity index (χ1) is 9.61. The summed E-state index contributed by atoms with van der Waals surface area (Å²) in [7, 11) is 0. The molecule has 0 atom stereocenters. The minimum absolute atomic E-state index is 0.134. The van der Waals surface area contributed by atoms with E-state index in [4.69, 9.17) is 11.6 Å². The third kappa shape index (κ3) is 2.53. The number of pyridine rings is 1. The highest BCUT2D eigenvalue weighted by atomic mass is 35.5. The smallest absolute Gasteiger partial charge is 0.119 e. The molecule has 3 nitrogen and oxygen atoms in total. The average molecular weight is 285 g/mol. The van der Waals surface area contributed by atoms with Crippen LogP contribution in [0.15, 0.2) is 48.5 Å². The molecule has 3 aromatic rings. The molecule has 100 valence electrons. The number of anilines is 2. The molecular formula is C16H13ClN2O. The Hall–Kier alpha value is -2.26. The molecule has 0 bridgehead atoms. The average Bonchev–Trinajstić information content (AvgIpc) is 2.37. The molecule has 4 heteroatoms. The van der Waals surface area contributed by atoms with Crippen molar-refractivity contribution in [2.24, 2.45) is 0 Å². The summed E-state index contributed by atoms with van der Waals surface area (Å²) in [6.45, 7) is 1.95. The highest BCUT2D eigenvalue weighted by molar-refractivity contribution is 6.31. The number of hydrogen-bond donors (Lipinski definition) is 2. The molecule has 1 aromatic heterocycles. The zero-order valence-electron chi connectivity index (χ0n) is 10.9. The Balaban J connectivity index is 2.10. The summed E-state index contributed by atoms with van der Waals surface area (Å²) in [5.41, 5.74) is 3.54. The first kappa shape index (κ1) is 12.8. The minimum atomic E-state index is 0.134. The van der Waals surface area contributed by atoms with Gasteiger partial charge in [0.1, 0.15) is 5.75 Å². The molecule has 0 saturated carbocycles. The fourth-order valence-corrected chi connectivity index (χ4v) is 2.44. The molecule has 0 aliphatic carbocycles. The van der Waals surface area contributed by atoms with Gasteiger partial charge < -0.3 is 10.4 Å². The fraction of sp³-hybridized carbons (Fsp3) is 0.0625. The Labute approximate surface area is 121 Å². The van der Waals surface area contributed by atoms with Gasteiger partial charge in [0.05, 0.1) is 5.52 Å². The van der Waals surface area contributed by atoms with Gasteiger partial charge in [-0.25, -0.2) is 0 Å². The number of nitrogens with zero attached hydrogens (tertiary/aromatic N) is 1. The maximum absolute atomic E-state index is 9.60. The maximum Gasteiger partial charge on any atom is 0.119 e. The van der Waals surface area contributed by atoms with E-state index in [2.05, 4.69) is 10.3 Å². The van der Waals surface area contributed by atoms with Crippen molar-refractivity contribution in [3.8, 4) is 5.75 Å². The Morgan fingerprint density at radius 2 is 1.90 bits per heavy atom. The van der Waals surface area contributed by atoms with E-state index < -0.39 is 0 Å². The number of aromatic hydroxyl groups is 1. The summed E-state index contributed by atoms with van der Waals surface area (Å²) in [4.78, 5) is 4.50. The first-order valence-corrected chi connectivity index (χ1v) is 6.62. The van der Waals surface area contributed by atoms with Crippen molar-refractivity contribution in [2.75, 3.05) is 5.32 Å². The molecule has 0 aliphatic rings. The number of phenols is 1. The standard InChI is InChI=1S/C16H13ClN2O/c1-10-6-16(14-4-2-3-5-15(14)18-10)19-12-7-11(17)8-13(20)9-12/h2-9,20H,1H3,(H,18,19). The topological polar surface area (TPSA) is 45.1 Å². The number of aromatic nitrogens is 1. The van der Waals surface area contributed by atoms with Crippen molar-refractivity contribution in [1.29, 1.82) is 0 Å². The van der Waals surface area contributed by atoms with Crippen LogP contribution in [0.4, 0.5) is 11.4 Å². The number of nitrogens with one attached hydrogen (secondary N) is 1. The monoisotopic (exact) mass is 284 g/mol. The van der Waals surface area contributed by atoms with E-state index in [1.54, 1.807) is 12.1 Å². The quantitative estimate of drug-likeness (QED) is 0.720. The lowest BCUT2D eigenvalue weighted by molar-refractivity contribution is 0.475. The SMILES string of the molecule is Cc1cc(Nc2cc(O)cc(Cl)c2)c2ccccc2n1. The summed E-state index contributed by atoms with van der Waals surface area (Å²) < 4.78 is 0. The Morgan fingerprint density at radius 3 is 2.70 bits per heavy atom. The van der Waals surface area contributed by atoms with Crippen molar-refractivity contribution in [1.82, 2.24) is 4.98 Å². The van der Waals surface area contributed by atoms with Gasteiger partial charge in [-0.15, -0.1) is 0 Å². The molecule has 0 fully saturated rings. The van der Waals surface area contributed by atoms with Crippen LogP contribution in [0.3, 0.4) is 0 Å². The van der Waals surface area contributed by atoms with E-state index in [1.807, 2.05) is 37.3 Å². The summed E-state index contributed by atoms with van der Waals surface area (Å²) in [5.74, 6) is 0.134. The molecule has 0 amide bonds. The molecule has 2 N–H and O–H groups in total. The summed E-state index contributed by atoms with van der Waals surface area (Å²) in [6, 6.07) is 14.8. The van der Waals surface area contributed by atoms with Crippen molar-refractivity contribution < 1.29 is 5.11 Å². The number of aryl methyl sites for hydroxylation is 1.